The van der Waals surface area contributed by atoms with Crippen LogP contribution in [-0.2, 0) is 4.79 Å². The molecule has 1 aliphatic carbocycles. The van der Waals surface area contributed by atoms with Crippen LogP contribution in [0.15, 0.2) is 39.5 Å². The van der Waals surface area contributed by atoms with Crippen molar-refractivity contribution in [2.45, 2.75) is 12.8 Å². The van der Waals surface area contributed by atoms with E-state index in [1.165, 1.54) is 6.07 Å². The summed E-state index contributed by atoms with van der Waals surface area (Å²) in [5.74, 6) is -0.939. The Bertz CT molecular complexity index is 746. The van der Waals surface area contributed by atoms with Crippen molar-refractivity contribution in [1.29, 1.82) is 0 Å². The van der Waals surface area contributed by atoms with Crippen LogP contribution >= 0.6 is 0 Å². The maximum atomic E-state index is 11.9. The van der Waals surface area contributed by atoms with Gasteiger partial charge >= 0.3 is 5.63 Å². The van der Waals surface area contributed by atoms with Crippen molar-refractivity contribution in [2.24, 2.45) is 5.92 Å². The fraction of sp³-hybridized carbons (Fsp3) is 0.214. The number of hydrogen-bond donors (Lipinski definition) is 2. The summed E-state index contributed by atoms with van der Waals surface area (Å²) in [5.41, 5.74) is 4.07. The van der Waals surface area contributed by atoms with Gasteiger partial charge in [-0.3, -0.25) is 20.4 Å². The lowest BCUT2D eigenvalue weighted by molar-refractivity contribution is -0.123. The van der Waals surface area contributed by atoms with E-state index in [0.29, 0.717) is 11.0 Å². The van der Waals surface area contributed by atoms with Gasteiger partial charge in [-0.05, 0) is 25.0 Å². The highest BCUT2D eigenvalue weighted by atomic mass is 16.4. The van der Waals surface area contributed by atoms with Gasteiger partial charge < -0.3 is 4.42 Å². The Kier molecular flexibility index (Phi) is 2.98. The Hall–Kier alpha value is -2.63. The molecule has 102 valence electrons. The molecule has 3 rings (SSSR count). The van der Waals surface area contributed by atoms with Gasteiger partial charge in [-0.2, -0.15) is 0 Å². The Balaban J connectivity index is 1.81. The van der Waals surface area contributed by atoms with E-state index >= 15 is 0 Å². The molecule has 2 amide bonds. The highest BCUT2D eigenvalue weighted by molar-refractivity contribution is 5.97. The zero-order valence-electron chi connectivity index (χ0n) is 10.5. The summed E-state index contributed by atoms with van der Waals surface area (Å²) in [4.78, 5) is 35.0. The third-order valence-corrected chi connectivity index (χ3v) is 3.13. The minimum Gasteiger partial charge on any atom is -0.422 e. The molecule has 1 heterocycles. The third kappa shape index (κ3) is 2.40. The highest BCUT2D eigenvalue weighted by Crippen LogP contribution is 2.28. The summed E-state index contributed by atoms with van der Waals surface area (Å²) in [6, 6.07) is 8.34. The van der Waals surface area contributed by atoms with Crippen LogP contribution in [0.1, 0.15) is 23.2 Å². The fourth-order valence-corrected chi connectivity index (χ4v) is 1.85. The van der Waals surface area contributed by atoms with Gasteiger partial charge in [-0.1, -0.05) is 18.2 Å². The van der Waals surface area contributed by atoms with E-state index < -0.39 is 11.5 Å². The van der Waals surface area contributed by atoms with Crippen molar-refractivity contribution < 1.29 is 14.0 Å². The molecule has 0 saturated heterocycles. The summed E-state index contributed by atoms with van der Waals surface area (Å²) < 4.78 is 5.05. The van der Waals surface area contributed by atoms with Crippen molar-refractivity contribution >= 4 is 22.8 Å². The van der Waals surface area contributed by atoms with Gasteiger partial charge in [0.05, 0.1) is 0 Å². The molecule has 0 unspecified atom stereocenters. The Morgan fingerprint density at radius 1 is 1.15 bits per heavy atom. The predicted molar refractivity (Wildman–Crippen MR) is 70.8 cm³/mol. The van der Waals surface area contributed by atoms with E-state index in [-0.39, 0.29) is 17.4 Å². The number of nitrogens with one attached hydrogen (secondary N) is 2. The first-order valence-corrected chi connectivity index (χ1v) is 6.28. The summed E-state index contributed by atoms with van der Waals surface area (Å²) in [7, 11) is 0. The lowest BCUT2D eigenvalue weighted by atomic mass is 10.2. The van der Waals surface area contributed by atoms with Crippen LogP contribution in [0, 0.1) is 5.92 Å². The maximum Gasteiger partial charge on any atom is 0.349 e. The first-order valence-electron chi connectivity index (χ1n) is 6.28. The van der Waals surface area contributed by atoms with Crippen molar-refractivity contribution in [1.82, 2.24) is 10.9 Å². The molecule has 1 aromatic heterocycles. The monoisotopic (exact) mass is 272 g/mol. The number of benzene rings is 1. The summed E-state index contributed by atoms with van der Waals surface area (Å²) in [6.07, 6.45) is 1.67. The van der Waals surface area contributed by atoms with Gasteiger partial charge in [-0.25, -0.2) is 4.79 Å². The first kappa shape index (κ1) is 12.4. The van der Waals surface area contributed by atoms with Crippen molar-refractivity contribution in [3.63, 3.8) is 0 Å². The Morgan fingerprint density at radius 3 is 2.65 bits per heavy atom. The smallest absolute Gasteiger partial charge is 0.349 e. The maximum absolute atomic E-state index is 11.9. The number of amides is 2. The molecule has 0 spiro atoms. The van der Waals surface area contributed by atoms with Crippen LogP contribution in [0.4, 0.5) is 0 Å². The number of hydrogen-bond acceptors (Lipinski definition) is 4. The molecule has 1 fully saturated rings. The van der Waals surface area contributed by atoms with Crippen LogP contribution < -0.4 is 16.5 Å². The third-order valence-electron chi connectivity index (χ3n) is 3.13. The fourth-order valence-electron chi connectivity index (χ4n) is 1.85. The molecule has 1 aliphatic rings. The molecule has 1 aromatic carbocycles. The second-order valence-electron chi connectivity index (χ2n) is 4.70. The van der Waals surface area contributed by atoms with Gasteiger partial charge in [0.1, 0.15) is 11.1 Å². The van der Waals surface area contributed by atoms with E-state index in [9.17, 15) is 14.4 Å². The molecule has 20 heavy (non-hydrogen) atoms. The van der Waals surface area contributed by atoms with E-state index in [1.807, 2.05) is 0 Å². The van der Waals surface area contributed by atoms with Gasteiger partial charge in [-0.15, -0.1) is 0 Å². The average molecular weight is 272 g/mol. The summed E-state index contributed by atoms with van der Waals surface area (Å²) >= 11 is 0. The molecule has 0 radical (unpaired) electrons. The molecule has 0 atom stereocenters. The van der Waals surface area contributed by atoms with E-state index in [0.717, 1.165) is 12.8 Å². The number of para-hydroxylation sites is 1. The molecule has 2 aromatic rings. The van der Waals surface area contributed by atoms with E-state index in [1.54, 1.807) is 24.3 Å². The zero-order chi connectivity index (χ0) is 14.1. The van der Waals surface area contributed by atoms with Gasteiger partial charge in [0.15, 0.2) is 0 Å². The second kappa shape index (κ2) is 4.80. The van der Waals surface area contributed by atoms with Crippen LogP contribution in [0.3, 0.4) is 0 Å². The van der Waals surface area contributed by atoms with Crippen molar-refractivity contribution in [3.8, 4) is 0 Å². The molecule has 0 aliphatic heterocycles. The number of hydrazine groups is 1. The number of carbonyl (C=O) groups excluding carboxylic acids is 2. The van der Waals surface area contributed by atoms with E-state index in [4.69, 9.17) is 4.42 Å². The second-order valence-corrected chi connectivity index (χ2v) is 4.70. The minimum atomic E-state index is -0.734. The highest BCUT2D eigenvalue weighted by Gasteiger charge is 2.30. The molecule has 6 nitrogen and oxygen atoms in total. The van der Waals surface area contributed by atoms with Crippen LogP contribution in [0.5, 0.6) is 0 Å². The standard InChI is InChI=1S/C14H12N2O4/c17-12(8-5-6-8)15-16-13(18)10-7-9-3-1-2-4-11(9)20-14(10)19/h1-4,7-8H,5-6H2,(H,15,17)(H,16,18). The minimum absolute atomic E-state index is 0.0247. The van der Waals surface area contributed by atoms with Crippen LogP contribution in [0.2, 0.25) is 0 Å². The topological polar surface area (TPSA) is 88.4 Å². The van der Waals surface area contributed by atoms with E-state index in [2.05, 4.69) is 10.9 Å². The van der Waals surface area contributed by atoms with Gasteiger partial charge in [0, 0.05) is 11.3 Å². The molecule has 0 bridgehead atoms. The normalized spacial score (nSPS) is 14.0. The number of rotatable bonds is 2. The molecular formula is C14H12N2O4. The molecule has 2 N–H and O–H groups in total. The lowest BCUT2D eigenvalue weighted by Crippen LogP contribution is -2.43. The molecular weight excluding hydrogens is 260 g/mol. The number of fused-ring (bicyclic) bond motifs is 1. The zero-order valence-corrected chi connectivity index (χ0v) is 10.5. The molecule has 6 heteroatoms. The summed E-state index contributed by atoms with van der Waals surface area (Å²) in [5, 5.41) is 0.644. The lowest BCUT2D eigenvalue weighted by Gasteiger charge is -2.06. The largest absolute Gasteiger partial charge is 0.422 e. The van der Waals surface area contributed by atoms with Crippen molar-refractivity contribution in [3.05, 3.63) is 46.3 Å². The quantitative estimate of drug-likeness (QED) is 0.629. The van der Waals surface area contributed by atoms with Gasteiger partial charge in [0.25, 0.3) is 5.91 Å². The number of carbonyl (C=O) groups is 2. The Morgan fingerprint density at radius 2 is 1.90 bits per heavy atom. The van der Waals surface area contributed by atoms with Crippen molar-refractivity contribution in [2.75, 3.05) is 0 Å². The van der Waals surface area contributed by atoms with Crippen LogP contribution in [-0.4, -0.2) is 11.8 Å². The average Bonchev–Trinajstić information content (AvgIpc) is 3.28. The SMILES string of the molecule is O=C(NNC(=O)C1CC1)c1cc2ccccc2oc1=O. The summed E-state index contributed by atoms with van der Waals surface area (Å²) in [6.45, 7) is 0. The first-order chi connectivity index (χ1) is 9.65. The van der Waals surface area contributed by atoms with Crippen LogP contribution in [0.25, 0.3) is 11.0 Å². The van der Waals surface area contributed by atoms with Gasteiger partial charge in [0.2, 0.25) is 5.91 Å². The Labute approximate surface area is 113 Å². The predicted octanol–water partition coefficient (Wildman–Crippen LogP) is 0.964. The molecule has 1 saturated carbocycles.